The van der Waals surface area contributed by atoms with E-state index in [1.54, 1.807) is 0 Å². The minimum Gasteiger partial charge on any atom is -0.241 e. The van der Waals surface area contributed by atoms with E-state index in [0.717, 1.165) is 18.2 Å². The number of unbranched alkanes of at least 4 members (excludes halogenated alkanes) is 4. The molecule has 1 aromatic heterocycles. The van der Waals surface area contributed by atoms with Gasteiger partial charge < -0.3 is 0 Å². The Hall–Kier alpha value is -0.920. The normalized spacial score (nSPS) is 22.4. The van der Waals surface area contributed by atoms with Crippen LogP contribution in [-0.2, 0) is 6.42 Å². The number of rotatable bonds is 8. The summed E-state index contributed by atoms with van der Waals surface area (Å²) in [6.07, 6.45) is 19.0. The number of aromatic nitrogens is 2. The third kappa shape index (κ3) is 5.41. The summed E-state index contributed by atoms with van der Waals surface area (Å²) in [5.41, 5.74) is 1.25. The standard InChI is InChI=1S/C19H32N2/c1-3-5-6-7-8-9-17-10-12-18(13-11-17)19-20-14-16(4-2)15-21-19/h14-15,17-18H,3-13H2,1-2H3. The maximum atomic E-state index is 4.58. The fourth-order valence-corrected chi connectivity index (χ4v) is 3.50. The largest absolute Gasteiger partial charge is 0.241 e. The van der Waals surface area contributed by atoms with Crippen LogP contribution in [0.4, 0.5) is 0 Å². The van der Waals surface area contributed by atoms with Crippen LogP contribution in [0.15, 0.2) is 12.4 Å². The van der Waals surface area contributed by atoms with E-state index in [-0.39, 0.29) is 0 Å². The topological polar surface area (TPSA) is 25.8 Å². The van der Waals surface area contributed by atoms with Gasteiger partial charge in [-0.25, -0.2) is 9.97 Å². The quantitative estimate of drug-likeness (QED) is 0.576. The molecule has 2 nitrogen and oxygen atoms in total. The first-order chi connectivity index (χ1) is 10.3. The maximum Gasteiger partial charge on any atom is 0.131 e. The Morgan fingerprint density at radius 2 is 1.57 bits per heavy atom. The molecule has 1 aromatic rings. The van der Waals surface area contributed by atoms with Gasteiger partial charge in [0.15, 0.2) is 0 Å². The average molecular weight is 288 g/mol. The first-order valence-corrected chi connectivity index (χ1v) is 9.14. The molecule has 1 fully saturated rings. The minimum absolute atomic E-state index is 0.618. The molecule has 1 aliphatic rings. The van der Waals surface area contributed by atoms with Gasteiger partial charge >= 0.3 is 0 Å². The van der Waals surface area contributed by atoms with Gasteiger partial charge in [-0.05, 0) is 43.6 Å². The lowest BCUT2D eigenvalue weighted by atomic mass is 9.79. The summed E-state index contributed by atoms with van der Waals surface area (Å²) in [5.74, 6) is 2.68. The van der Waals surface area contributed by atoms with Gasteiger partial charge in [0.1, 0.15) is 5.82 Å². The van der Waals surface area contributed by atoms with Crippen molar-refractivity contribution < 1.29 is 0 Å². The molecule has 0 aromatic carbocycles. The molecule has 0 saturated heterocycles. The Bertz CT molecular complexity index is 377. The van der Waals surface area contributed by atoms with E-state index < -0.39 is 0 Å². The van der Waals surface area contributed by atoms with Crippen molar-refractivity contribution in [2.24, 2.45) is 5.92 Å². The predicted molar refractivity (Wildman–Crippen MR) is 89.5 cm³/mol. The summed E-state index contributed by atoms with van der Waals surface area (Å²) in [7, 11) is 0. The van der Waals surface area contributed by atoms with Crippen LogP contribution < -0.4 is 0 Å². The molecule has 0 spiro atoms. The fraction of sp³-hybridized carbons (Fsp3) is 0.789. The van der Waals surface area contributed by atoms with Crippen LogP contribution >= 0.6 is 0 Å². The Morgan fingerprint density at radius 3 is 2.19 bits per heavy atom. The van der Waals surface area contributed by atoms with Gasteiger partial charge in [-0.2, -0.15) is 0 Å². The zero-order valence-corrected chi connectivity index (χ0v) is 14.0. The van der Waals surface area contributed by atoms with E-state index in [1.165, 1.54) is 69.8 Å². The van der Waals surface area contributed by atoms with E-state index in [4.69, 9.17) is 0 Å². The van der Waals surface area contributed by atoms with Gasteiger partial charge in [0.05, 0.1) is 0 Å². The monoisotopic (exact) mass is 288 g/mol. The zero-order valence-electron chi connectivity index (χ0n) is 14.0. The van der Waals surface area contributed by atoms with Crippen molar-refractivity contribution in [3.63, 3.8) is 0 Å². The number of hydrogen-bond donors (Lipinski definition) is 0. The molecule has 2 heteroatoms. The lowest BCUT2D eigenvalue weighted by Gasteiger charge is -2.27. The molecular weight excluding hydrogens is 256 g/mol. The van der Waals surface area contributed by atoms with Crippen molar-refractivity contribution in [2.45, 2.75) is 90.4 Å². The minimum atomic E-state index is 0.618. The van der Waals surface area contributed by atoms with Crippen LogP contribution in [0.5, 0.6) is 0 Å². The van der Waals surface area contributed by atoms with Crippen molar-refractivity contribution in [2.75, 3.05) is 0 Å². The van der Waals surface area contributed by atoms with Gasteiger partial charge in [0.2, 0.25) is 0 Å². The highest BCUT2D eigenvalue weighted by molar-refractivity contribution is 5.07. The summed E-state index contributed by atoms with van der Waals surface area (Å²) in [6.45, 7) is 4.44. The van der Waals surface area contributed by atoms with E-state index in [9.17, 15) is 0 Å². The molecule has 118 valence electrons. The lowest BCUT2D eigenvalue weighted by molar-refractivity contribution is 0.296. The summed E-state index contributed by atoms with van der Waals surface area (Å²) in [4.78, 5) is 9.17. The first kappa shape index (κ1) is 16.5. The highest BCUT2D eigenvalue weighted by Crippen LogP contribution is 2.36. The molecule has 1 saturated carbocycles. The third-order valence-corrected chi connectivity index (χ3v) is 5.06. The fourth-order valence-electron chi connectivity index (χ4n) is 3.50. The second kappa shape index (κ2) is 9.17. The van der Waals surface area contributed by atoms with E-state index >= 15 is 0 Å². The van der Waals surface area contributed by atoms with Gasteiger partial charge in [-0.1, -0.05) is 52.4 Å². The van der Waals surface area contributed by atoms with Gasteiger partial charge in [-0.15, -0.1) is 0 Å². The van der Waals surface area contributed by atoms with Gasteiger partial charge in [0.25, 0.3) is 0 Å². The molecule has 0 aliphatic heterocycles. The SMILES string of the molecule is CCCCCCCC1CCC(c2ncc(CC)cn2)CC1. The third-order valence-electron chi connectivity index (χ3n) is 5.06. The van der Waals surface area contributed by atoms with E-state index in [0.29, 0.717) is 5.92 Å². The first-order valence-electron chi connectivity index (χ1n) is 9.14. The molecule has 0 radical (unpaired) electrons. The maximum absolute atomic E-state index is 4.58. The zero-order chi connectivity index (χ0) is 14.9. The Morgan fingerprint density at radius 1 is 0.905 bits per heavy atom. The predicted octanol–water partition coefficient (Wildman–Crippen LogP) is 5.67. The van der Waals surface area contributed by atoms with Crippen LogP contribution in [0.3, 0.4) is 0 Å². The van der Waals surface area contributed by atoms with Crippen molar-refractivity contribution in [3.8, 4) is 0 Å². The van der Waals surface area contributed by atoms with Crippen LogP contribution in [0.25, 0.3) is 0 Å². The Kier molecular flexibility index (Phi) is 7.18. The Labute approximate surface area is 130 Å². The molecule has 0 amide bonds. The second-order valence-electron chi connectivity index (χ2n) is 6.72. The molecule has 2 rings (SSSR count). The smallest absolute Gasteiger partial charge is 0.131 e. The van der Waals surface area contributed by atoms with Crippen LogP contribution in [-0.4, -0.2) is 9.97 Å². The summed E-state index contributed by atoms with van der Waals surface area (Å²) >= 11 is 0. The average Bonchev–Trinajstić information content (AvgIpc) is 2.55. The second-order valence-corrected chi connectivity index (χ2v) is 6.72. The molecule has 1 aliphatic carbocycles. The molecular formula is C19H32N2. The molecule has 0 bridgehead atoms. The number of nitrogens with zero attached hydrogens (tertiary/aromatic N) is 2. The van der Waals surface area contributed by atoms with Crippen molar-refractivity contribution in [3.05, 3.63) is 23.8 Å². The molecule has 0 N–H and O–H groups in total. The summed E-state index contributed by atoms with van der Waals surface area (Å²) in [6, 6.07) is 0. The number of aryl methyl sites for hydroxylation is 1. The van der Waals surface area contributed by atoms with Crippen LogP contribution in [0.2, 0.25) is 0 Å². The number of hydrogen-bond acceptors (Lipinski definition) is 2. The summed E-state index contributed by atoms with van der Waals surface area (Å²) < 4.78 is 0. The molecule has 21 heavy (non-hydrogen) atoms. The highest BCUT2D eigenvalue weighted by Gasteiger charge is 2.23. The highest BCUT2D eigenvalue weighted by atomic mass is 14.9. The van der Waals surface area contributed by atoms with Crippen LogP contribution in [0.1, 0.15) is 95.4 Å². The lowest BCUT2D eigenvalue weighted by Crippen LogP contribution is -2.15. The van der Waals surface area contributed by atoms with Crippen molar-refractivity contribution >= 4 is 0 Å². The molecule has 0 atom stereocenters. The van der Waals surface area contributed by atoms with Gasteiger partial charge in [0, 0.05) is 18.3 Å². The molecule has 1 heterocycles. The summed E-state index contributed by atoms with van der Waals surface area (Å²) in [5, 5.41) is 0. The van der Waals surface area contributed by atoms with E-state index in [2.05, 4.69) is 23.8 Å². The van der Waals surface area contributed by atoms with Crippen molar-refractivity contribution in [1.82, 2.24) is 9.97 Å². The van der Waals surface area contributed by atoms with E-state index in [1.807, 2.05) is 12.4 Å². The van der Waals surface area contributed by atoms with Gasteiger partial charge in [-0.3, -0.25) is 0 Å². The van der Waals surface area contributed by atoms with Crippen LogP contribution in [0, 0.1) is 5.92 Å². The van der Waals surface area contributed by atoms with Crippen molar-refractivity contribution in [1.29, 1.82) is 0 Å². The molecule has 0 unspecified atom stereocenters. The Balaban J connectivity index is 1.67.